The highest BCUT2D eigenvalue weighted by Gasteiger charge is 2.14. The Kier molecular flexibility index (Phi) is 3.88. The van der Waals surface area contributed by atoms with Gasteiger partial charge in [0.05, 0.1) is 11.4 Å². The smallest absolute Gasteiger partial charge is 0.0673 e. The van der Waals surface area contributed by atoms with Crippen LogP contribution in [0.2, 0.25) is 0 Å². The maximum absolute atomic E-state index is 4.25. The second-order valence-electron chi connectivity index (χ2n) is 4.67. The maximum atomic E-state index is 4.25. The summed E-state index contributed by atoms with van der Waals surface area (Å²) < 4.78 is 0. The molecule has 2 rings (SSSR count). The number of nitrogens with one attached hydrogen (secondary N) is 1. The van der Waals surface area contributed by atoms with Gasteiger partial charge in [-0.05, 0) is 37.8 Å². The Balaban J connectivity index is 1.98. The van der Waals surface area contributed by atoms with Crippen LogP contribution < -0.4 is 5.32 Å². The molecule has 1 aliphatic carbocycles. The quantitative estimate of drug-likeness (QED) is 0.845. The Morgan fingerprint density at radius 2 is 2.06 bits per heavy atom. The van der Waals surface area contributed by atoms with Gasteiger partial charge in [-0.1, -0.05) is 19.8 Å². The zero-order valence-corrected chi connectivity index (χ0v) is 10.3. The highest BCUT2D eigenvalue weighted by Crippen LogP contribution is 2.18. The molecule has 88 valence electrons. The highest BCUT2D eigenvalue weighted by molar-refractivity contribution is 5.20. The Hall–Kier alpha value is -0.960. The van der Waals surface area contributed by atoms with E-state index in [1.807, 2.05) is 6.92 Å². The lowest BCUT2D eigenvalue weighted by molar-refractivity contribution is 0.521. The molecular weight excluding hydrogens is 198 g/mol. The molecule has 0 amide bonds. The van der Waals surface area contributed by atoms with Gasteiger partial charge in [0.2, 0.25) is 0 Å². The summed E-state index contributed by atoms with van der Waals surface area (Å²) in [7, 11) is 0. The van der Waals surface area contributed by atoms with Crippen molar-refractivity contribution in [2.24, 2.45) is 0 Å². The van der Waals surface area contributed by atoms with E-state index in [0.29, 0.717) is 0 Å². The van der Waals surface area contributed by atoms with Crippen molar-refractivity contribution < 1.29 is 0 Å². The van der Waals surface area contributed by atoms with Gasteiger partial charge in [0.15, 0.2) is 0 Å². The minimum atomic E-state index is 0.721. The lowest BCUT2D eigenvalue weighted by atomic mass is 10.1. The maximum Gasteiger partial charge on any atom is 0.0673 e. The van der Waals surface area contributed by atoms with Crippen LogP contribution in [0.3, 0.4) is 0 Å². The SMILES string of the molecule is CCc1nnc(C)cc1CNC1CCCC1. The Bertz CT molecular complexity index is 343. The van der Waals surface area contributed by atoms with Gasteiger partial charge in [-0.2, -0.15) is 10.2 Å². The third-order valence-corrected chi connectivity index (χ3v) is 3.35. The Morgan fingerprint density at radius 3 is 2.75 bits per heavy atom. The monoisotopic (exact) mass is 219 g/mol. The molecule has 0 aliphatic heterocycles. The summed E-state index contributed by atoms with van der Waals surface area (Å²) >= 11 is 0. The van der Waals surface area contributed by atoms with Crippen LogP contribution in [0.1, 0.15) is 49.6 Å². The molecule has 3 heteroatoms. The van der Waals surface area contributed by atoms with Crippen molar-refractivity contribution in [2.45, 2.75) is 58.5 Å². The van der Waals surface area contributed by atoms with E-state index in [1.54, 1.807) is 0 Å². The van der Waals surface area contributed by atoms with Crippen molar-refractivity contribution in [3.05, 3.63) is 23.0 Å². The van der Waals surface area contributed by atoms with Crippen molar-refractivity contribution in [3.63, 3.8) is 0 Å². The van der Waals surface area contributed by atoms with Gasteiger partial charge in [-0.15, -0.1) is 0 Å². The molecule has 1 N–H and O–H groups in total. The van der Waals surface area contributed by atoms with Crippen LogP contribution in [-0.2, 0) is 13.0 Å². The van der Waals surface area contributed by atoms with Gasteiger partial charge in [0.1, 0.15) is 0 Å². The summed E-state index contributed by atoms with van der Waals surface area (Å²) in [6, 6.07) is 2.88. The van der Waals surface area contributed by atoms with Crippen molar-refractivity contribution in [1.82, 2.24) is 15.5 Å². The van der Waals surface area contributed by atoms with Crippen LogP contribution in [0, 0.1) is 6.92 Å². The van der Waals surface area contributed by atoms with E-state index < -0.39 is 0 Å². The molecule has 0 saturated heterocycles. The zero-order valence-electron chi connectivity index (χ0n) is 10.3. The van der Waals surface area contributed by atoms with Gasteiger partial charge in [-0.25, -0.2) is 0 Å². The number of rotatable bonds is 4. The fourth-order valence-corrected chi connectivity index (χ4v) is 2.40. The first-order chi connectivity index (χ1) is 7.79. The molecule has 0 bridgehead atoms. The topological polar surface area (TPSA) is 37.8 Å². The summed E-state index contributed by atoms with van der Waals surface area (Å²) in [4.78, 5) is 0. The summed E-state index contributed by atoms with van der Waals surface area (Å²) in [6.07, 6.45) is 6.39. The molecule has 0 atom stereocenters. The molecule has 1 saturated carbocycles. The molecular formula is C13H21N3. The molecule has 0 aromatic carbocycles. The van der Waals surface area contributed by atoms with Crippen LogP contribution in [-0.4, -0.2) is 16.2 Å². The van der Waals surface area contributed by atoms with E-state index in [1.165, 1.54) is 31.2 Å². The Morgan fingerprint density at radius 1 is 1.31 bits per heavy atom. The number of hydrogen-bond acceptors (Lipinski definition) is 3. The fraction of sp³-hybridized carbons (Fsp3) is 0.692. The minimum absolute atomic E-state index is 0.721. The molecule has 1 aromatic heterocycles. The number of aromatic nitrogens is 2. The summed E-state index contributed by atoms with van der Waals surface area (Å²) in [5.74, 6) is 0. The van der Waals surface area contributed by atoms with Crippen molar-refractivity contribution >= 4 is 0 Å². The van der Waals surface area contributed by atoms with E-state index in [-0.39, 0.29) is 0 Å². The van der Waals surface area contributed by atoms with E-state index in [0.717, 1.165) is 30.4 Å². The summed E-state index contributed by atoms with van der Waals surface area (Å²) in [6.45, 7) is 5.09. The van der Waals surface area contributed by atoms with Crippen LogP contribution in [0.15, 0.2) is 6.07 Å². The normalized spacial score (nSPS) is 16.9. The highest BCUT2D eigenvalue weighted by atomic mass is 15.1. The molecule has 0 spiro atoms. The van der Waals surface area contributed by atoms with Crippen molar-refractivity contribution in [3.8, 4) is 0 Å². The third kappa shape index (κ3) is 2.79. The molecule has 1 aliphatic rings. The van der Waals surface area contributed by atoms with Crippen LogP contribution in [0.5, 0.6) is 0 Å². The zero-order chi connectivity index (χ0) is 11.4. The minimum Gasteiger partial charge on any atom is -0.310 e. The van der Waals surface area contributed by atoms with Gasteiger partial charge < -0.3 is 5.32 Å². The van der Waals surface area contributed by atoms with Crippen LogP contribution in [0.25, 0.3) is 0 Å². The van der Waals surface area contributed by atoms with E-state index in [2.05, 4.69) is 28.5 Å². The standard InChI is InChI=1S/C13H21N3/c1-3-13-11(8-10(2)15-16-13)9-14-12-6-4-5-7-12/h8,12,14H,3-7,9H2,1-2H3. The van der Waals surface area contributed by atoms with E-state index in [9.17, 15) is 0 Å². The second-order valence-corrected chi connectivity index (χ2v) is 4.67. The van der Waals surface area contributed by atoms with Crippen molar-refractivity contribution in [1.29, 1.82) is 0 Å². The average molecular weight is 219 g/mol. The molecule has 0 radical (unpaired) electrons. The van der Waals surface area contributed by atoms with E-state index in [4.69, 9.17) is 0 Å². The average Bonchev–Trinajstić information content (AvgIpc) is 2.79. The molecule has 1 heterocycles. The second kappa shape index (κ2) is 5.39. The first-order valence-electron chi connectivity index (χ1n) is 6.35. The number of nitrogens with zero attached hydrogens (tertiary/aromatic N) is 2. The summed E-state index contributed by atoms with van der Waals surface area (Å²) in [5.41, 5.74) is 3.47. The van der Waals surface area contributed by atoms with Crippen LogP contribution >= 0.6 is 0 Å². The molecule has 16 heavy (non-hydrogen) atoms. The van der Waals surface area contributed by atoms with Gasteiger partial charge in [0, 0.05) is 12.6 Å². The van der Waals surface area contributed by atoms with Gasteiger partial charge in [-0.3, -0.25) is 0 Å². The first kappa shape index (κ1) is 11.5. The summed E-state index contributed by atoms with van der Waals surface area (Å²) in [5, 5.41) is 12.0. The van der Waals surface area contributed by atoms with Crippen LogP contribution in [0.4, 0.5) is 0 Å². The third-order valence-electron chi connectivity index (χ3n) is 3.35. The van der Waals surface area contributed by atoms with Gasteiger partial charge >= 0.3 is 0 Å². The molecule has 1 aromatic rings. The largest absolute Gasteiger partial charge is 0.310 e. The van der Waals surface area contributed by atoms with E-state index >= 15 is 0 Å². The predicted octanol–water partition coefficient (Wildman–Crippen LogP) is 2.38. The lowest BCUT2D eigenvalue weighted by Gasteiger charge is -2.13. The number of hydrogen-bond donors (Lipinski definition) is 1. The molecule has 3 nitrogen and oxygen atoms in total. The lowest BCUT2D eigenvalue weighted by Crippen LogP contribution is -2.26. The van der Waals surface area contributed by atoms with Gasteiger partial charge in [0.25, 0.3) is 0 Å². The predicted molar refractivity (Wildman–Crippen MR) is 65.2 cm³/mol. The molecule has 0 unspecified atom stereocenters. The van der Waals surface area contributed by atoms with Crippen molar-refractivity contribution in [2.75, 3.05) is 0 Å². The fourth-order valence-electron chi connectivity index (χ4n) is 2.40. The molecule has 1 fully saturated rings. The first-order valence-corrected chi connectivity index (χ1v) is 6.35. The Labute approximate surface area is 97.7 Å². The number of aryl methyl sites for hydroxylation is 2.